The highest BCUT2D eigenvalue weighted by Gasteiger charge is 2.03. The quantitative estimate of drug-likeness (QED) is 0.464. The van der Waals surface area contributed by atoms with Crippen molar-refractivity contribution in [1.29, 1.82) is 0 Å². The van der Waals surface area contributed by atoms with Crippen LogP contribution >= 0.6 is 0 Å². The molecule has 2 N–H and O–H groups in total. The summed E-state index contributed by atoms with van der Waals surface area (Å²) in [6.07, 6.45) is 1.25. The zero-order chi connectivity index (χ0) is 14.9. The lowest BCUT2D eigenvalue weighted by atomic mass is 10.2. The summed E-state index contributed by atoms with van der Waals surface area (Å²) in [6.45, 7) is 2.63. The predicted molar refractivity (Wildman–Crippen MR) is 83.9 cm³/mol. The summed E-state index contributed by atoms with van der Waals surface area (Å²) in [5.41, 5.74) is 8.38. The normalized spacial score (nSPS) is 10.1. The fourth-order valence-electron chi connectivity index (χ4n) is 1.83. The lowest BCUT2D eigenvalue weighted by Gasteiger charge is -2.09. The van der Waals surface area contributed by atoms with Gasteiger partial charge in [-0.25, -0.2) is 5.43 Å². The molecule has 0 heterocycles. The van der Waals surface area contributed by atoms with Crippen molar-refractivity contribution in [3.8, 4) is 5.75 Å². The standard InChI is InChI=1S/C17H20N2O2/c1-2-6-17(20)21-16-11-9-14(10-12-16)13-18-19-15-7-4-3-5-8-15/h3-5,7-12,18-19H,2,6,13H2,1H3. The fraction of sp³-hybridized carbons (Fsp3) is 0.235. The second kappa shape index (κ2) is 8.07. The summed E-state index contributed by atoms with van der Waals surface area (Å²) < 4.78 is 5.21. The van der Waals surface area contributed by atoms with Gasteiger partial charge >= 0.3 is 5.97 Å². The van der Waals surface area contributed by atoms with E-state index >= 15 is 0 Å². The summed E-state index contributed by atoms with van der Waals surface area (Å²) in [6, 6.07) is 17.4. The molecule has 0 spiro atoms. The maximum atomic E-state index is 11.4. The van der Waals surface area contributed by atoms with Crippen LogP contribution in [0.4, 0.5) is 5.69 Å². The molecule has 21 heavy (non-hydrogen) atoms. The van der Waals surface area contributed by atoms with Crippen LogP contribution in [-0.2, 0) is 11.3 Å². The van der Waals surface area contributed by atoms with E-state index in [4.69, 9.17) is 4.74 Å². The number of benzene rings is 2. The molecule has 0 saturated carbocycles. The SMILES string of the molecule is CCCC(=O)Oc1ccc(CNNc2ccccc2)cc1. The number of esters is 1. The fourth-order valence-corrected chi connectivity index (χ4v) is 1.83. The highest BCUT2D eigenvalue weighted by Crippen LogP contribution is 2.13. The van der Waals surface area contributed by atoms with E-state index in [-0.39, 0.29) is 5.97 Å². The summed E-state index contributed by atoms with van der Waals surface area (Å²) >= 11 is 0. The Morgan fingerprint density at radius 2 is 1.76 bits per heavy atom. The van der Waals surface area contributed by atoms with Gasteiger partial charge in [0.1, 0.15) is 5.75 Å². The number of hydrogen-bond donors (Lipinski definition) is 2. The minimum absolute atomic E-state index is 0.186. The van der Waals surface area contributed by atoms with Gasteiger partial charge in [0.25, 0.3) is 0 Å². The van der Waals surface area contributed by atoms with Gasteiger partial charge in [-0.15, -0.1) is 0 Å². The molecular weight excluding hydrogens is 264 g/mol. The van der Waals surface area contributed by atoms with E-state index in [9.17, 15) is 4.79 Å². The van der Waals surface area contributed by atoms with Crippen LogP contribution in [0.2, 0.25) is 0 Å². The van der Waals surface area contributed by atoms with Crippen molar-refractivity contribution in [3.05, 3.63) is 60.2 Å². The van der Waals surface area contributed by atoms with E-state index in [1.807, 2.05) is 61.5 Å². The van der Waals surface area contributed by atoms with E-state index in [0.717, 1.165) is 17.7 Å². The summed E-state index contributed by atoms with van der Waals surface area (Å²) in [5.74, 6) is 0.405. The number of ether oxygens (including phenoxy) is 1. The van der Waals surface area contributed by atoms with Gasteiger partial charge < -0.3 is 10.2 Å². The van der Waals surface area contributed by atoms with E-state index in [1.165, 1.54) is 0 Å². The van der Waals surface area contributed by atoms with Crippen molar-refractivity contribution in [2.45, 2.75) is 26.3 Å². The van der Waals surface area contributed by atoms with Crippen molar-refractivity contribution in [3.63, 3.8) is 0 Å². The van der Waals surface area contributed by atoms with Crippen LogP contribution in [0.25, 0.3) is 0 Å². The Morgan fingerprint density at radius 1 is 1.05 bits per heavy atom. The predicted octanol–water partition coefficient (Wildman–Crippen LogP) is 3.51. The number of carbonyl (C=O) groups excluding carboxylic acids is 1. The molecule has 0 atom stereocenters. The first-order chi connectivity index (χ1) is 10.3. The number of hydrogen-bond acceptors (Lipinski definition) is 4. The largest absolute Gasteiger partial charge is 0.427 e. The van der Waals surface area contributed by atoms with Crippen LogP contribution in [0.15, 0.2) is 54.6 Å². The number of hydrazine groups is 1. The van der Waals surface area contributed by atoms with Gasteiger partial charge in [-0.2, -0.15) is 0 Å². The first-order valence-corrected chi connectivity index (χ1v) is 7.11. The smallest absolute Gasteiger partial charge is 0.311 e. The molecular formula is C17H20N2O2. The Hall–Kier alpha value is -2.33. The first kappa shape index (κ1) is 15.1. The van der Waals surface area contributed by atoms with Crippen LogP contribution < -0.4 is 15.6 Å². The summed E-state index contributed by atoms with van der Waals surface area (Å²) in [7, 11) is 0. The van der Waals surface area contributed by atoms with Crippen molar-refractivity contribution in [2.75, 3.05) is 5.43 Å². The van der Waals surface area contributed by atoms with Gasteiger partial charge in [0.2, 0.25) is 0 Å². The van der Waals surface area contributed by atoms with Gasteiger partial charge in [0.15, 0.2) is 0 Å². The minimum atomic E-state index is -0.186. The van der Waals surface area contributed by atoms with Crippen LogP contribution in [0.1, 0.15) is 25.3 Å². The van der Waals surface area contributed by atoms with E-state index in [2.05, 4.69) is 10.9 Å². The maximum absolute atomic E-state index is 11.4. The second-order valence-electron chi connectivity index (χ2n) is 4.71. The number of carbonyl (C=O) groups is 1. The van der Waals surface area contributed by atoms with Crippen LogP contribution in [0.5, 0.6) is 5.75 Å². The molecule has 110 valence electrons. The Kier molecular flexibility index (Phi) is 5.79. The van der Waals surface area contributed by atoms with E-state index < -0.39 is 0 Å². The molecule has 2 aromatic rings. The highest BCUT2D eigenvalue weighted by atomic mass is 16.5. The second-order valence-corrected chi connectivity index (χ2v) is 4.71. The van der Waals surface area contributed by atoms with Gasteiger partial charge in [-0.1, -0.05) is 37.3 Å². The van der Waals surface area contributed by atoms with Crippen molar-refractivity contribution >= 4 is 11.7 Å². The Balaban J connectivity index is 1.78. The molecule has 0 amide bonds. The molecule has 0 fully saturated rings. The third-order valence-electron chi connectivity index (χ3n) is 2.91. The van der Waals surface area contributed by atoms with Crippen LogP contribution in [-0.4, -0.2) is 5.97 Å². The molecule has 0 aromatic heterocycles. The van der Waals surface area contributed by atoms with E-state index in [1.54, 1.807) is 0 Å². The molecule has 0 aliphatic rings. The highest BCUT2D eigenvalue weighted by molar-refractivity contribution is 5.72. The van der Waals surface area contributed by atoms with Crippen LogP contribution in [0.3, 0.4) is 0 Å². The molecule has 2 rings (SSSR count). The average molecular weight is 284 g/mol. The Morgan fingerprint density at radius 3 is 2.43 bits per heavy atom. The van der Waals surface area contributed by atoms with Gasteiger partial charge in [-0.05, 0) is 36.2 Å². The van der Waals surface area contributed by atoms with Gasteiger partial charge in [0.05, 0.1) is 0 Å². The zero-order valence-electron chi connectivity index (χ0n) is 12.1. The number of rotatable bonds is 7. The molecule has 0 aliphatic carbocycles. The molecule has 0 unspecified atom stereocenters. The van der Waals surface area contributed by atoms with E-state index in [0.29, 0.717) is 18.7 Å². The summed E-state index contributed by atoms with van der Waals surface area (Å²) in [5, 5.41) is 0. The number of anilines is 1. The van der Waals surface area contributed by atoms with Gasteiger partial charge in [-0.3, -0.25) is 4.79 Å². The molecule has 0 radical (unpaired) electrons. The number of nitrogens with one attached hydrogen (secondary N) is 2. The minimum Gasteiger partial charge on any atom is -0.427 e. The third-order valence-corrected chi connectivity index (χ3v) is 2.91. The molecule has 0 saturated heterocycles. The molecule has 0 aliphatic heterocycles. The molecule has 0 bridgehead atoms. The molecule has 4 nitrogen and oxygen atoms in total. The summed E-state index contributed by atoms with van der Waals surface area (Å²) in [4.78, 5) is 11.4. The lowest BCUT2D eigenvalue weighted by molar-refractivity contribution is -0.134. The average Bonchev–Trinajstić information content (AvgIpc) is 2.50. The van der Waals surface area contributed by atoms with Crippen molar-refractivity contribution < 1.29 is 9.53 Å². The lowest BCUT2D eigenvalue weighted by Crippen LogP contribution is -2.20. The molecule has 2 aromatic carbocycles. The Labute approximate surface area is 125 Å². The number of para-hydroxylation sites is 1. The maximum Gasteiger partial charge on any atom is 0.311 e. The van der Waals surface area contributed by atoms with Crippen molar-refractivity contribution in [2.24, 2.45) is 0 Å². The zero-order valence-corrected chi connectivity index (χ0v) is 12.1. The topological polar surface area (TPSA) is 50.4 Å². The third kappa shape index (κ3) is 5.28. The molecule has 4 heteroatoms. The van der Waals surface area contributed by atoms with Gasteiger partial charge in [0, 0.05) is 18.7 Å². The van der Waals surface area contributed by atoms with Crippen LogP contribution in [0, 0.1) is 0 Å². The first-order valence-electron chi connectivity index (χ1n) is 7.11. The van der Waals surface area contributed by atoms with Crippen molar-refractivity contribution in [1.82, 2.24) is 5.43 Å². The monoisotopic (exact) mass is 284 g/mol. The Bertz CT molecular complexity index is 553.